The van der Waals surface area contributed by atoms with Crippen molar-refractivity contribution in [3.63, 3.8) is 0 Å². The quantitative estimate of drug-likeness (QED) is 0.394. The SMILES string of the molecule is CC(Nc1ccc(-c2cccc(/C=C3\SC(=S)NC3=O)c2)cc1)c1ccccc1. The number of thioether (sulfide) groups is 1. The summed E-state index contributed by atoms with van der Waals surface area (Å²) < 4.78 is 0.505. The molecule has 5 heteroatoms. The van der Waals surface area contributed by atoms with Crippen LogP contribution in [0.25, 0.3) is 17.2 Å². The lowest BCUT2D eigenvalue weighted by molar-refractivity contribution is -0.115. The van der Waals surface area contributed by atoms with Crippen LogP contribution in [0.4, 0.5) is 5.69 Å². The van der Waals surface area contributed by atoms with E-state index in [1.54, 1.807) is 0 Å². The zero-order valence-electron chi connectivity index (χ0n) is 15.9. The number of benzene rings is 3. The second-order valence-corrected chi connectivity index (χ2v) is 8.55. The summed E-state index contributed by atoms with van der Waals surface area (Å²) in [5.74, 6) is -0.131. The third-order valence-corrected chi connectivity index (χ3v) is 5.89. The smallest absolute Gasteiger partial charge is 0.263 e. The summed E-state index contributed by atoms with van der Waals surface area (Å²) in [7, 11) is 0. The van der Waals surface area contributed by atoms with Gasteiger partial charge >= 0.3 is 0 Å². The Balaban J connectivity index is 1.50. The minimum absolute atomic E-state index is 0.131. The molecule has 0 aliphatic carbocycles. The molecule has 144 valence electrons. The predicted octanol–water partition coefficient (Wildman–Crippen LogP) is 6.02. The molecule has 3 aromatic rings. The molecule has 1 heterocycles. The van der Waals surface area contributed by atoms with Gasteiger partial charge in [-0.15, -0.1) is 0 Å². The highest BCUT2D eigenvalue weighted by Crippen LogP contribution is 2.28. The van der Waals surface area contributed by atoms with Gasteiger partial charge in [0.15, 0.2) is 0 Å². The number of thiocarbonyl (C=S) groups is 1. The van der Waals surface area contributed by atoms with Crippen LogP contribution in [0.2, 0.25) is 0 Å². The molecule has 2 N–H and O–H groups in total. The molecule has 0 spiro atoms. The van der Waals surface area contributed by atoms with Crippen LogP contribution < -0.4 is 10.6 Å². The molecular weight excluding hydrogens is 396 g/mol. The first-order chi connectivity index (χ1) is 14.1. The molecule has 29 heavy (non-hydrogen) atoms. The summed E-state index contributed by atoms with van der Waals surface area (Å²) in [4.78, 5) is 12.5. The van der Waals surface area contributed by atoms with E-state index >= 15 is 0 Å². The molecule has 1 aliphatic heterocycles. The van der Waals surface area contributed by atoms with Gasteiger partial charge in [-0.2, -0.15) is 0 Å². The molecule has 1 atom stereocenters. The summed E-state index contributed by atoms with van der Waals surface area (Å²) in [6.07, 6.45) is 1.88. The van der Waals surface area contributed by atoms with Crippen LogP contribution in [-0.4, -0.2) is 10.2 Å². The van der Waals surface area contributed by atoms with Gasteiger partial charge in [0.05, 0.1) is 4.91 Å². The van der Waals surface area contributed by atoms with Crippen LogP contribution in [0.15, 0.2) is 83.8 Å². The van der Waals surface area contributed by atoms with Crippen molar-refractivity contribution in [2.75, 3.05) is 5.32 Å². The molecule has 0 radical (unpaired) electrons. The van der Waals surface area contributed by atoms with Crippen molar-refractivity contribution in [2.45, 2.75) is 13.0 Å². The van der Waals surface area contributed by atoms with Crippen LogP contribution in [0.1, 0.15) is 24.1 Å². The highest BCUT2D eigenvalue weighted by molar-refractivity contribution is 8.26. The first-order valence-electron chi connectivity index (χ1n) is 9.35. The standard InChI is InChI=1S/C24H20N2OS2/c1-16(18-7-3-2-4-8-18)25-21-12-10-19(11-13-21)20-9-5-6-17(14-20)15-22-23(27)26-24(28)29-22/h2-16,25H,1H3,(H,26,27,28)/b22-15-. The number of anilines is 1. The minimum Gasteiger partial charge on any atom is -0.379 e. The van der Waals surface area contributed by atoms with E-state index in [0.717, 1.165) is 22.4 Å². The Bertz CT molecular complexity index is 1080. The summed E-state index contributed by atoms with van der Waals surface area (Å²) in [6, 6.07) is 27.2. The zero-order valence-corrected chi connectivity index (χ0v) is 17.5. The van der Waals surface area contributed by atoms with E-state index in [9.17, 15) is 4.79 Å². The van der Waals surface area contributed by atoms with Crippen LogP contribution >= 0.6 is 24.0 Å². The van der Waals surface area contributed by atoms with Crippen molar-refractivity contribution < 1.29 is 4.79 Å². The Kier molecular flexibility index (Phi) is 5.79. The number of amides is 1. The maximum atomic E-state index is 11.9. The fourth-order valence-electron chi connectivity index (χ4n) is 3.21. The van der Waals surface area contributed by atoms with E-state index in [2.05, 4.69) is 78.2 Å². The third-order valence-electron chi connectivity index (χ3n) is 4.73. The van der Waals surface area contributed by atoms with Crippen LogP contribution in [-0.2, 0) is 4.79 Å². The summed E-state index contributed by atoms with van der Waals surface area (Å²) in [6.45, 7) is 2.16. The van der Waals surface area contributed by atoms with Crippen molar-refractivity contribution in [3.05, 3.63) is 94.9 Å². The van der Waals surface area contributed by atoms with E-state index in [1.807, 2.05) is 24.3 Å². The number of carbonyl (C=O) groups is 1. The van der Waals surface area contributed by atoms with Gasteiger partial charge in [0, 0.05) is 11.7 Å². The average molecular weight is 417 g/mol. The molecule has 0 saturated carbocycles. The Morgan fingerprint density at radius 2 is 1.72 bits per heavy atom. The Morgan fingerprint density at radius 3 is 2.41 bits per heavy atom. The molecule has 1 amide bonds. The summed E-state index contributed by atoms with van der Waals surface area (Å²) >= 11 is 6.35. The average Bonchev–Trinajstić information content (AvgIpc) is 3.06. The molecule has 1 saturated heterocycles. The van der Waals surface area contributed by atoms with Crippen molar-refractivity contribution in [1.82, 2.24) is 5.32 Å². The first-order valence-corrected chi connectivity index (χ1v) is 10.6. The van der Waals surface area contributed by atoms with Gasteiger partial charge in [-0.1, -0.05) is 84.6 Å². The number of carbonyl (C=O) groups excluding carboxylic acids is 1. The minimum atomic E-state index is -0.131. The lowest BCUT2D eigenvalue weighted by atomic mass is 10.0. The van der Waals surface area contributed by atoms with Gasteiger partial charge in [0.1, 0.15) is 4.32 Å². The second-order valence-electron chi connectivity index (χ2n) is 6.83. The lowest BCUT2D eigenvalue weighted by Gasteiger charge is -2.16. The number of rotatable bonds is 5. The first kappa shape index (κ1) is 19.4. The molecule has 1 aliphatic rings. The van der Waals surface area contributed by atoms with Crippen LogP contribution in [0.5, 0.6) is 0 Å². The zero-order chi connectivity index (χ0) is 20.2. The van der Waals surface area contributed by atoms with Gasteiger partial charge in [0.25, 0.3) is 5.91 Å². The Morgan fingerprint density at radius 1 is 0.966 bits per heavy atom. The molecule has 0 aromatic heterocycles. The van der Waals surface area contributed by atoms with Gasteiger partial charge in [-0.05, 0) is 53.5 Å². The second kappa shape index (κ2) is 8.64. The van der Waals surface area contributed by atoms with Gasteiger partial charge in [-0.3, -0.25) is 4.79 Å². The molecule has 1 fully saturated rings. The number of nitrogens with one attached hydrogen (secondary N) is 2. The molecule has 4 rings (SSSR count). The van der Waals surface area contributed by atoms with Crippen LogP contribution in [0, 0.1) is 0 Å². The summed E-state index contributed by atoms with van der Waals surface area (Å²) in [5, 5.41) is 6.18. The fraction of sp³-hybridized carbons (Fsp3) is 0.0833. The van der Waals surface area contributed by atoms with Crippen molar-refractivity contribution in [2.24, 2.45) is 0 Å². The van der Waals surface area contributed by atoms with E-state index in [-0.39, 0.29) is 11.9 Å². The predicted molar refractivity (Wildman–Crippen MR) is 127 cm³/mol. The molecular formula is C24H20N2OS2. The monoisotopic (exact) mass is 416 g/mol. The van der Waals surface area contributed by atoms with Gasteiger partial charge in [0.2, 0.25) is 0 Å². The topological polar surface area (TPSA) is 41.1 Å². The van der Waals surface area contributed by atoms with E-state index in [0.29, 0.717) is 9.23 Å². The Labute approximate surface area is 180 Å². The number of hydrogen-bond donors (Lipinski definition) is 2. The third kappa shape index (κ3) is 4.75. The van der Waals surface area contributed by atoms with Crippen molar-refractivity contribution in [1.29, 1.82) is 0 Å². The maximum Gasteiger partial charge on any atom is 0.263 e. The Hall–Kier alpha value is -2.89. The normalized spacial score (nSPS) is 16.0. The largest absolute Gasteiger partial charge is 0.379 e. The van der Waals surface area contributed by atoms with Crippen LogP contribution in [0.3, 0.4) is 0 Å². The molecule has 0 bridgehead atoms. The van der Waals surface area contributed by atoms with Gasteiger partial charge < -0.3 is 10.6 Å². The molecule has 3 aromatic carbocycles. The van der Waals surface area contributed by atoms with Crippen molar-refractivity contribution in [3.8, 4) is 11.1 Å². The maximum absolute atomic E-state index is 11.9. The fourth-order valence-corrected chi connectivity index (χ4v) is 4.26. The highest BCUT2D eigenvalue weighted by Gasteiger charge is 2.21. The van der Waals surface area contributed by atoms with E-state index < -0.39 is 0 Å². The van der Waals surface area contributed by atoms with Gasteiger partial charge in [-0.25, -0.2) is 0 Å². The summed E-state index contributed by atoms with van der Waals surface area (Å²) in [5.41, 5.74) is 5.54. The lowest BCUT2D eigenvalue weighted by Crippen LogP contribution is -2.17. The molecule has 3 nitrogen and oxygen atoms in total. The van der Waals surface area contributed by atoms with E-state index in [4.69, 9.17) is 12.2 Å². The number of hydrogen-bond acceptors (Lipinski definition) is 4. The highest BCUT2D eigenvalue weighted by atomic mass is 32.2. The van der Waals surface area contributed by atoms with Crippen molar-refractivity contribution >= 4 is 46.0 Å². The van der Waals surface area contributed by atoms with E-state index in [1.165, 1.54) is 17.3 Å². The molecule has 1 unspecified atom stereocenters.